The molecule has 0 bridgehead atoms. The molecule has 4 N–H and O–H groups in total. The van der Waals surface area contributed by atoms with Crippen LogP contribution in [0, 0.1) is 5.92 Å². The second-order valence-electron chi connectivity index (χ2n) is 4.77. The largest absolute Gasteiger partial charge is 0.382 e. The first kappa shape index (κ1) is 15.1. The Hall–Kier alpha value is -0.980. The van der Waals surface area contributed by atoms with Crippen LogP contribution in [0.2, 0.25) is 0 Å². The normalized spacial score (nSPS) is 20.2. The number of aliphatic hydroxyl groups excluding tert-OH is 1. The maximum atomic E-state index is 11.6. The van der Waals surface area contributed by atoms with E-state index in [2.05, 4.69) is 10.1 Å². The van der Waals surface area contributed by atoms with Gasteiger partial charge in [-0.3, -0.25) is 14.9 Å². The van der Waals surface area contributed by atoms with Crippen LogP contribution in [0.3, 0.4) is 0 Å². The number of hydrogen-bond donors (Lipinski definition) is 3. The van der Waals surface area contributed by atoms with Gasteiger partial charge in [-0.15, -0.1) is 0 Å². The number of aliphatic hydroxyl groups is 1. The standard InChI is InChI=1S/C12H22N2O4/c1-18-7-9(15)14-12(17)11(16)10(13)8-5-3-2-4-6-8/h8,10-11,16H,2-7,13H2,1H3,(H,14,15,17). The van der Waals surface area contributed by atoms with E-state index in [0.29, 0.717) is 0 Å². The molecule has 0 aliphatic heterocycles. The second kappa shape index (κ2) is 7.45. The summed E-state index contributed by atoms with van der Waals surface area (Å²) < 4.78 is 4.58. The topological polar surface area (TPSA) is 102 Å². The van der Waals surface area contributed by atoms with Gasteiger partial charge >= 0.3 is 0 Å². The van der Waals surface area contributed by atoms with Crippen LogP contribution in [0.4, 0.5) is 0 Å². The smallest absolute Gasteiger partial charge is 0.257 e. The van der Waals surface area contributed by atoms with Crippen molar-refractivity contribution in [1.82, 2.24) is 5.32 Å². The van der Waals surface area contributed by atoms with Gasteiger partial charge in [-0.25, -0.2) is 0 Å². The molecule has 0 aromatic carbocycles. The Balaban J connectivity index is 2.43. The monoisotopic (exact) mass is 258 g/mol. The summed E-state index contributed by atoms with van der Waals surface area (Å²) in [4.78, 5) is 22.7. The molecule has 0 aromatic rings. The summed E-state index contributed by atoms with van der Waals surface area (Å²) in [5, 5.41) is 11.9. The van der Waals surface area contributed by atoms with Gasteiger partial charge in [0.05, 0.1) is 0 Å². The molecule has 0 saturated heterocycles. The third kappa shape index (κ3) is 4.36. The fourth-order valence-corrected chi connectivity index (χ4v) is 2.33. The van der Waals surface area contributed by atoms with E-state index in [1.54, 1.807) is 0 Å². The summed E-state index contributed by atoms with van der Waals surface area (Å²) >= 11 is 0. The van der Waals surface area contributed by atoms with Crippen molar-refractivity contribution in [2.75, 3.05) is 13.7 Å². The minimum Gasteiger partial charge on any atom is -0.382 e. The van der Waals surface area contributed by atoms with Crippen LogP contribution in [0.25, 0.3) is 0 Å². The Morgan fingerprint density at radius 3 is 2.56 bits per heavy atom. The van der Waals surface area contributed by atoms with Crippen LogP contribution in [0.15, 0.2) is 0 Å². The van der Waals surface area contributed by atoms with Crippen molar-refractivity contribution in [3.05, 3.63) is 0 Å². The molecule has 1 saturated carbocycles. The number of carbonyl (C=O) groups excluding carboxylic acids is 2. The van der Waals surface area contributed by atoms with Gasteiger partial charge < -0.3 is 15.6 Å². The first-order valence-corrected chi connectivity index (χ1v) is 6.32. The van der Waals surface area contributed by atoms with Crippen molar-refractivity contribution < 1.29 is 19.4 Å². The first-order valence-electron chi connectivity index (χ1n) is 6.32. The van der Waals surface area contributed by atoms with Gasteiger partial charge in [-0.1, -0.05) is 19.3 Å². The fraction of sp³-hybridized carbons (Fsp3) is 0.833. The maximum Gasteiger partial charge on any atom is 0.257 e. The molecule has 1 rings (SSSR count). The second-order valence-corrected chi connectivity index (χ2v) is 4.77. The number of hydrogen-bond acceptors (Lipinski definition) is 5. The molecule has 6 nitrogen and oxygen atoms in total. The molecule has 6 heteroatoms. The highest BCUT2D eigenvalue weighted by molar-refractivity contribution is 5.98. The van der Waals surface area contributed by atoms with Gasteiger partial charge in [0.1, 0.15) is 12.7 Å². The van der Waals surface area contributed by atoms with E-state index >= 15 is 0 Å². The lowest BCUT2D eigenvalue weighted by molar-refractivity contribution is -0.138. The summed E-state index contributed by atoms with van der Waals surface area (Å²) in [6.07, 6.45) is 3.85. The average Bonchev–Trinajstić information content (AvgIpc) is 2.38. The van der Waals surface area contributed by atoms with Crippen molar-refractivity contribution >= 4 is 11.8 Å². The van der Waals surface area contributed by atoms with Crippen LogP contribution in [0.5, 0.6) is 0 Å². The molecule has 18 heavy (non-hydrogen) atoms. The number of amides is 2. The number of imide groups is 1. The maximum absolute atomic E-state index is 11.6. The number of nitrogens with two attached hydrogens (primary N) is 1. The zero-order valence-corrected chi connectivity index (χ0v) is 10.7. The van der Waals surface area contributed by atoms with Crippen LogP contribution in [-0.4, -0.2) is 42.8 Å². The molecule has 1 aliphatic rings. The van der Waals surface area contributed by atoms with E-state index in [0.717, 1.165) is 25.7 Å². The minimum atomic E-state index is -1.34. The molecule has 0 heterocycles. The molecule has 0 spiro atoms. The van der Waals surface area contributed by atoms with E-state index in [1.807, 2.05) is 0 Å². The molecule has 2 amide bonds. The lowest BCUT2D eigenvalue weighted by Gasteiger charge is -2.29. The molecule has 0 radical (unpaired) electrons. The Bertz CT molecular complexity index is 290. The van der Waals surface area contributed by atoms with Crippen molar-refractivity contribution in [3.8, 4) is 0 Å². The Morgan fingerprint density at radius 1 is 1.39 bits per heavy atom. The van der Waals surface area contributed by atoms with Crippen LogP contribution < -0.4 is 11.1 Å². The summed E-state index contributed by atoms with van der Waals surface area (Å²) in [6.45, 7) is -0.211. The molecule has 104 valence electrons. The van der Waals surface area contributed by atoms with Crippen molar-refractivity contribution in [2.24, 2.45) is 11.7 Å². The molecule has 0 aromatic heterocycles. The Labute approximate surface area is 107 Å². The van der Waals surface area contributed by atoms with Gasteiger partial charge in [0, 0.05) is 13.2 Å². The molecular weight excluding hydrogens is 236 g/mol. The predicted molar refractivity (Wildman–Crippen MR) is 65.6 cm³/mol. The third-order valence-corrected chi connectivity index (χ3v) is 3.37. The number of rotatable bonds is 5. The van der Waals surface area contributed by atoms with Crippen LogP contribution >= 0.6 is 0 Å². The fourth-order valence-electron chi connectivity index (χ4n) is 2.33. The average molecular weight is 258 g/mol. The SMILES string of the molecule is COCC(=O)NC(=O)C(O)C(N)C1CCCCC1. The Kier molecular flexibility index (Phi) is 6.24. The zero-order valence-electron chi connectivity index (χ0n) is 10.7. The van der Waals surface area contributed by atoms with Gasteiger partial charge in [0.15, 0.2) is 0 Å². The van der Waals surface area contributed by atoms with E-state index in [9.17, 15) is 14.7 Å². The third-order valence-electron chi connectivity index (χ3n) is 3.37. The summed E-state index contributed by atoms with van der Waals surface area (Å²) in [5.74, 6) is -1.16. The summed E-state index contributed by atoms with van der Waals surface area (Å²) in [6, 6.07) is -0.611. The highest BCUT2D eigenvalue weighted by Crippen LogP contribution is 2.26. The number of carbonyl (C=O) groups is 2. The molecule has 2 atom stereocenters. The highest BCUT2D eigenvalue weighted by atomic mass is 16.5. The predicted octanol–water partition coefficient (Wildman–Crippen LogP) is -0.456. The first-order chi connectivity index (χ1) is 8.56. The lowest BCUT2D eigenvalue weighted by atomic mass is 9.82. The molecular formula is C12H22N2O4. The summed E-state index contributed by atoms with van der Waals surface area (Å²) in [5.41, 5.74) is 5.89. The zero-order chi connectivity index (χ0) is 13.5. The number of nitrogens with one attached hydrogen (secondary N) is 1. The molecule has 2 unspecified atom stereocenters. The molecule has 1 aliphatic carbocycles. The lowest BCUT2D eigenvalue weighted by Crippen LogP contribution is -2.52. The van der Waals surface area contributed by atoms with E-state index in [1.165, 1.54) is 13.5 Å². The van der Waals surface area contributed by atoms with Crippen LogP contribution in [0.1, 0.15) is 32.1 Å². The van der Waals surface area contributed by atoms with Gasteiger partial charge in [-0.2, -0.15) is 0 Å². The quantitative estimate of drug-likeness (QED) is 0.619. The molecule has 1 fully saturated rings. The Morgan fingerprint density at radius 2 is 2.00 bits per heavy atom. The number of ether oxygens (including phenoxy) is 1. The summed E-state index contributed by atoms with van der Waals surface area (Å²) in [7, 11) is 1.36. The van der Waals surface area contributed by atoms with E-state index in [4.69, 9.17) is 5.73 Å². The van der Waals surface area contributed by atoms with E-state index in [-0.39, 0.29) is 12.5 Å². The number of methoxy groups -OCH3 is 1. The van der Waals surface area contributed by atoms with Crippen LogP contribution in [-0.2, 0) is 14.3 Å². The van der Waals surface area contributed by atoms with Crippen molar-refractivity contribution in [3.63, 3.8) is 0 Å². The van der Waals surface area contributed by atoms with Gasteiger partial charge in [-0.05, 0) is 18.8 Å². The van der Waals surface area contributed by atoms with Gasteiger partial charge in [0.25, 0.3) is 11.8 Å². The van der Waals surface area contributed by atoms with Gasteiger partial charge in [0.2, 0.25) is 0 Å². The highest BCUT2D eigenvalue weighted by Gasteiger charge is 2.31. The van der Waals surface area contributed by atoms with Crippen molar-refractivity contribution in [2.45, 2.75) is 44.2 Å². The van der Waals surface area contributed by atoms with E-state index < -0.39 is 24.0 Å². The minimum absolute atomic E-state index is 0.150. The van der Waals surface area contributed by atoms with Crippen molar-refractivity contribution in [1.29, 1.82) is 0 Å².